The van der Waals surface area contributed by atoms with Crippen molar-refractivity contribution in [1.82, 2.24) is 0 Å². The van der Waals surface area contributed by atoms with Gasteiger partial charge in [-0.2, -0.15) is 22.0 Å². The van der Waals surface area contributed by atoms with Crippen LogP contribution in [-0.4, -0.2) is 30.6 Å². The molecule has 0 aliphatic carbocycles. The number of hydrogen-bond donors (Lipinski definition) is 1. The number of carbonyl (C=O) groups is 2. The number of alkyl halides is 5. The predicted octanol–water partition coefficient (Wildman–Crippen LogP) is 3.06. The lowest BCUT2D eigenvalue weighted by molar-refractivity contribution is -0.267. The number of ether oxygens (including phenoxy) is 1. The van der Waals surface area contributed by atoms with E-state index in [2.05, 4.69) is 4.74 Å². The first-order valence-corrected chi connectivity index (χ1v) is 5.99. The van der Waals surface area contributed by atoms with E-state index in [0.717, 1.165) is 6.07 Å². The zero-order valence-electron chi connectivity index (χ0n) is 9.88. The highest BCUT2D eigenvalue weighted by Crippen LogP contribution is 2.37. The average molecular weight is 317 g/mol. The molecule has 0 atom stereocenters. The number of esters is 1. The molecule has 0 fully saturated rings. The molecule has 0 saturated heterocycles. The van der Waals surface area contributed by atoms with Crippen molar-refractivity contribution in [1.29, 1.82) is 0 Å². The second-order valence-corrected chi connectivity index (χ2v) is 4.33. The number of carbonyl (C=O) groups excluding carboxylic acids is 2. The summed E-state index contributed by atoms with van der Waals surface area (Å²) in [5.41, 5.74) is -0.289. The van der Waals surface area contributed by atoms with Crippen LogP contribution in [-0.2, 0) is 9.53 Å². The summed E-state index contributed by atoms with van der Waals surface area (Å²) in [5, 5.41) is 2.20. The fourth-order valence-corrected chi connectivity index (χ4v) is 1.86. The zero-order valence-corrected chi connectivity index (χ0v) is 10.7. The monoisotopic (exact) mass is 317 g/mol. The van der Waals surface area contributed by atoms with E-state index in [1.54, 1.807) is 0 Å². The molecule has 4 nitrogen and oxygen atoms in total. The Labute approximate surface area is 113 Å². The van der Waals surface area contributed by atoms with E-state index in [1.165, 1.54) is 17.6 Å². The highest BCUT2D eigenvalue weighted by atomic mass is 32.1. The van der Waals surface area contributed by atoms with Crippen LogP contribution in [0.3, 0.4) is 0 Å². The molecule has 0 bridgehead atoms. The van der Waals surface area contributed by atoms with Gasteiger partial charge < -0.3 is 10.1 Å². The Hall–Kier alpha value is -1.71. The number of hydrogen-bond acceptors (Lipinski definition) is 4. The fourth-order valence-electron chi connectivity index (χ4n) is 1.09. The smallest absolute Gasteiger partial charge is 0.462 e. The van der Waals surface area contributed by atoms with Crippen molar-refractivity contribution < 1.29 is 36.3 Å². The van der Waals surface area contributed by atoms with Crippen LogP contribution in [0.25, 0.3) is 0 Å². The molecule has 1 N–H and O–H groups in total. The van der Waals surface area contributed by atoms with Crippen LogP contribution in [0.15, 0.2) is 11.4 Å². The summed E-state index contributed by atoms with van der Waals surface area (Å²) in [7, 11) is 0. The third kappa shape index (κ3) is 3.24. The first-order valence-electron chi connectivity index (χ1n) is 5.11. The first-order chi connectivity index (χ1) is 9.11. The van der Waals surface area contributed by atoms with Crippen LogP contribution >= 0.6 is 11.3 Å². The molecule has 112 valence electrons. The second kappa shape index (κ2) is 5.73. The van der Waals surface area contributed by atoms with Gasteiger partial charge in [0.1, 0.15) is 5.00 Å². The van der Waals surface area contributed by atoms with Crippen molar-refractivity contribution in [2.75, 3.05) is 11.9 Å². The molecule has 1 aromatic heterocycles. The lowest BCUT2D eigenvalue weighted by Gasteiger charge is -2.18. The number of thiophene rings is 1. The Kier molecular flexibility index (Phi) is 4.69. The molecule has 0 aliphatic rings. The summed E-state index contributed by atoms with van der Waals surface area (Å²) in [6, 6.07) is 1.14. The standard InChI is InChI=1S/C10H8F5NO3S/c1-2-19-7(17)5-3-4-20-6(5)16-8(18)9(11,12)10(13,14)15/h3-4H,2H2,1H3,(H,16,18). The number of amides is 1. The predicted molar refractivity (Wildman–Crippen MR) is 59.9 cm³/mol. The van der Waals surface area contributed by atoms with E-state index < -0.39 is 29.0 Å². The summed E-state index contributed by atoms with van der Waals surface area (Å²) in [6.07, 6.45) is -6.02. The second-order valence-electron chi connectivity index (χ2n) is 3.41. The van der Waals surface area contributed by atoms with E-state index in [-0.39, 0.29) is 12.2 Å². The fraction of sp³-hybridized carbons (Fsp3) is 0.400. The topological polar surface area (TPSA) is 55.4 Å². The van der Waals surface area contributed by atoms with Gasteiger partial charge in [-0.15, -0.1) is 11.3 Å². The van der Waals surface area contributed by atoms with Crippen LogP contribution in [0.4, 0.5) is 27.0 Å². The van der Waals surface area contributed by atoms with E-state index in [1.807, 2.05) is 0 Å². The van der Waals surface area contributed by atoms with Gasteiger partial charge in [0.25, 0.3) is 0 Å². The summed E-state index contributed by atoms with van der Waals surface area (Å²) in [4.78, 5) is 22.4. The van der Waals surface area contributed by atoms with Gasteiger partial charge in [-0.3, -0.25) is 4.79 Å². The van der Waals surface area contributed by atoms with Crippen molar-refractivity contribution in [3.63, 3.8) is 0 Å². The van der Waals surface area contributed by atoms with Crippen molar-refractivity contribution in [3.05, 3.63) is 17.0 Å². The molecular weight excluding hydrogens is 309 g/mol. The molecule has 0 radical (unpaired) electrons. The minimum absolute atomic E-state index is 0.0131. The molecule has 0 aliphatic heterocycles. The van der Waals surface area contributed by atoms with Crippen LogP contribution in [0.5, 0.6) is 0 Å². The number of anilines is 1. The molecule has 1 heterocycles. The zero-order chi connectivity index (χ0) is 15.6. The third-order valence-electron chi connectivity index (χ3n) is 2.03. The average Bonchev–Trinajstić information content (AvgIpc) is 2.75. The third-order valence-corrected chi connectivity index (χ3v) is 2.86. The Bertz CT molecular complexity index is 511. The summed E-state index contributed by atoms with van der Waals surface area (Å²) < 4.78 is 66.0. The van der Waals surface area contributed by atoms with Crippen LogP contribution in [0.2, 0.25) is 0 Å². The van der Waals surface area contributed by atoms with Gasteiger partial charge >= 0.3 is 24.0 Å². The van der Waals surface area contributed by atoms with Crippen LogP contribution < -0.4 is 5.32 Å². The maximum atomic E-state index is 12.7. The molecule has 0 aromatic carbocycles. The van der Waals surface area contributed by atoms with Crippen molar-refractivity contribution in [2.45, 2.75) is 19.0 Å². The Morgan fingerprint density at radius 3 is 2.40 bits per heavy atom. The lowest BCUT2D eigenvalue weighted by Crippen LogP contribution is -2.47. The van der Waals surface area contributed by atoms with E-state index in [9.17, 15) is 31.5 Å². The van der Waals surface area contributed by atoms with Crippen molar-refractivity contribution >= 4 is 28.2 Å². The highest BCUT2D eigenvalue weighted by molar-refractivity contribution is 7.14. The molecule has 20 heavy (non-hydrogen) atoms. The first kappa shape index (κ1) is 16.3. The molecule has 1 rings (SSSR count). The molecule has 0 spiro atoms. The minimum Gasteiger partial charge on any atom is -0.462 e. The molecule has 0 saturated carbocycles. The van der Waals surface area contributed by atoms with Gasteiger partial charge in [0.15, 0.2) is 0 Å². The highest BCUT2D eigenvalue weighted by Gasteiger charge is 2.63. The summed E-state index contributed by atoms with van der Waals surface area (Å²) >= 11 is 0.625. The van der Waals surface area contributed by atoms with Gasteiger partial charge in [0.05, 0.1) is 12.2 Å². The molecule has 1 aromatic rings. The van der Waals surface area contributed by atoms with Gasteiger partial charge in [-0.1, -0.05) is 0 Å². The minimum atomic E-state index is -6.02. The number of halogens is 5. The van der Waals surface area contributed by atoms with Crippen molar-refractivity contribution in [2.24, 2.45) is 0 Å². The Morgan fingerprint density at radius 2 is 1.90 bits per heavy atom. The SMILES string of the molecule is CCOC(=O)c1ccsc1NC(=O)C(F)(F)C(F)(F)F. The van der Waals surface area contributed by atoms with Crippen molar-refractivity contribution in [3.8, 4) is 0 Å². The molecule has 0 unspecified atom stereocenters. The number of rotatable bonds is 4. The molecule has 1 amide bonds. The van der Waals surface area contributed by atoms with Gasteiger partial charge in [0, 0.05) is 0 Å². The normalized spacial score (nSPS) is 12.1. The largest absolute Gasteiger partial charge is 0.463 e. The molecular formula is C10H8F5NO3S. The summed E-state index contributed by atoms with van der Waals surface area (Å²) in [6.45, 7) is 1.47. The van der Waals surface area contributed by atoms with Crippen LogP contribution in [0, 0.1) is 0 Å². The van der Waals surface area contributed by atoms with Gasteiger partial charge in [0.2, 0.25) is 0 Å². The lowest BCUT2D eigenvalue weighted by atomic mass is 10.3. The molecule has 10 heteroatoms. The van der Waals surface area contributed by atoms with E-state index in [4.69, 9.17) is 0 Å². The van der Waals surface area contributed by atoms with E-state index in [0.29, 0.717) is 11.3 Å². The summed E-state index contributed by atoms with van der Waals surface area (Å²) in [5.74, 6) is -9.04. The maximum absolute atomic E-state index is 12.7. The quantitative estimate of drug-likeness (QED) is 0.686. The van der Waals surface area contributed by atoms with Gasteiger partial charge in [-0.25, -0.2) is 4.79 Å². The Balaban J connectivity index is 2.93. The van der Waals surface area contributed by atoms with Gasteiger partial charge in [-0.05, 0) is 18.4 Å². The maximum Gasteiger partial charge on any atom is 0.463 e. The van der Waals surface area contributed by atoms with E-state index >= 15 is 0 Å². The Morgan fingerprint density at radius 1 is 1.30 bits per heavy atom. The van der Waals surface area contributed by atoms with Crippen LogP contribution in [0.1, 0.15) is 17.3 Å². The number of nitrogens with one attached hydrogen (secondary N) is 1.